The molecule has 0 saturated carbocycles. The van der Waals surface area contributed by atoms with Gasteiger partial charge in [-0.2, -0.15) is 0 Å². The molecular formula is C22H28ClFN4O5. The first-order valence-corrected chi connectivity index (χ1v) is 10.8. The van der Waals surface area contributed by atoms with Gasteiger partial charge in [0, 0.05) is 19.1 Å². The van der Waals surface area contributed by atoms with Crippen molar-refractivity contribution >= 4 is 41.1 Å². The average Bonchev–Trinajstić information content (AvgIpc) is 2.82. The summed E-state index contributed by atoms with van der Waals surface area (Å²) in [5.41, 5.74) is 0.123. The maximum absolute atomic E-state index is 15.2. The molecule has 2 atom stereocenters. The number of halogens is 2. The molecule has 180 valence electrons. The number of barbiturate groups is 1. The smallest absolute Gasteiger partial charge is 0.346 e. The summed E-state index contributed by atoms with van der Waals surface area (Å²) >= 11 is 6.39. The first kappa shape index (κ1) is 26.4. The van der Waals surface area contributed by atoms with Gasteiger partial charge in [-0.1, -0.05) is 43.6 Å². The highest BCUT2D eigenvalue weighted by Gasteiger charge is 2.48. The zero-order chi connectivity index (χ0) is 24.9. The molecule has 0 spiro atoms. The van der Waals surface area contributed by atoms with E-state index in [-0.39, 0.29) is 6.54 Å². The standard InChI is InChI=1S/C22H28ClFN4O5/c1-6-28(7-2)15(13-10-8-9-11-14(13)23)12-25-18(17(24)21(31)33-5)16-19(29)26(3)22(32)27(4)20(16)30/h8-11,15-17H,6-7,12H2,1-5H3. The Labute approximate surface area is 197 Å². The Kier molecular flexibility index (Phi) is 9.07. The molecule has 4 amide bonds. The molecule has 2 unspecified atom stereocenters. The molecule has 2 rings (SSSR count). The number of imide groups is 2. The number of nitrogens with zero attached hydrogens (tertiary/aromatic N) is 4. The molecule has 1 heterocycles. The van der Waals surface area contributed by atoms with E-state index in [9.17, 15) is 19.2 Å². The van der Waals surface area contributed by atoms with Gasteiger partial charge in [-0.05, 0) is 24.7 Å². The fourth-order valence-electron chi connectivity index (χ4n) is 3.71. The third-order valence-corrected chi connectivity index (χ3v) is 6.00. The van der Waals surface area contributed by atoms with E-state index in [0.717, 1.165) is 12.7 Å². The second-order valence-corrected chi connectivity index (χ2v) is 7.83. The minimum atomic E-state index is -2.47. The molecule has 11 heteroatoms. The quantitative estimate of drug-likeness (QED) is 0.304. The third kappa shape index (κ3) is 5.39. The zero-order valence-corrected chi connectivity index (χ0v) is 20.0. The number of carbonyl (C=O) groups is 4. The lowest BCUT2D eigenvalue weighted by atomic mass is 9.94. The molecule has 0 N–H and O–H groups in total. The third-order valence-electron chi connectivity index (χ3n) is 5.66. The fraction of sp³-hybridized carbons (Fsp3) is 0.500. The number of alkyl halides is 1. The van der Waals surface area contributed by atoms with Crippen molar-refractivity contribution < 1.29 is 28.3 Å². The molecule has 0 aromatic heterocycles. The van der Waals surface area contributed by atoms with Gasteiger partial charge in [-0.15, -0.1) is 0 Å². The molecule has 33 heavy (non-hydrogen) atoms. The van der Waals surface area contributed by atoms with Crippen LogP contribution in [0.5, 0.6) is 0 Å². The molecule has 1 aliphatic rings. The van der Waals surface area contributed by atoms with E-state index < -0.39 is 47.7 Å². The number of carbonyl (C=O) groups excluding carboxylic acids is 4. The monoisotopic (exact) mass is 482 g/mol. The zero-order valence-electron chi connectivity index (χ0n) is 19.2. The van der Waals surface area contributed by atoms with E-state index in [1.165, 1.54) is 14.1 Å². The number of urea groups is 1. The summed E-state index contributed by atoms with van der Waals surface area (Å²) < 4.78 is 19.7. The molecule has 1 aromatic rings. The summed E-state index contributed by atoms with van der Waals surface area (Å²) in [5.74, 6) is -5.00. The lowest BCUT2D eigenvalue weighted by molar-refractivity contribution is -0.145. The molecule has 1 aromatic carbocycles. The molecular weight excluding hydrogens is 455 g/mol. The normalized spacial score (nSPS) is 17.6. The van der Waals surface area contributed by atoms with Crippen molar-refractivity contribution in [2.45, 2.75) is 26.1 Å². The van der Waals surface area contributed by atoms with E-state index in [2.05, 4.69) is 9.73 Å². The maximum atomic E-state index is 15.2. The van der Waals surface area contributed by atoms with E-state index >= 15 is 4.39 Å². The number of hydrogen-bond donors (Lipinski definition) is 0. The van der Waals surface area contributed by atoms with Crippen molar-refractivity contribution in [3.05, 3.63) is 34.9 Å². The first-order valence-electron chi connectivity index (χ1n) is 10.4. The van der Waals surface area contributed by atoms with Crippen molar-refractivity contribution in [2.24, 2.45) is 10.9 Å². The number of rotatable bonds is 9. The van der Waals surface area contributed by atoms with Crippen LogP contribution in [0.15, 0.2) is 29.3 Å². The predicted molar refractivity (Wildman–Crippen MR) is 121 cm³/mol. The highest BCUT2D eigenvalue weighted by atomic mass is 35.5. The van der Waals surface area contributed by atoms with Crippen LogP contribution in [0.25, 0.3) is 0 Å². The topological polar surface area (TPSA) is 99.6 Å². The Hall–Kier alpha value is -2.85. The van der Waals surface area contributed by atoms with Gasteiger partial charge < -0.3 is 4.74 Å². The van der Waals surface area contributed by atoms with Gasteiger partial charge in [0.25, 0.3) is 0 Å². The number of esters is 1. The van der Waals surface area contributed by atoms with E-state index in [0.29, 0.717) is 27.9 Å². The van der Waals surface area contributed by atoms with Crippen molar-refractivity contribution in [3.8, 4) is 0 Å². The summed E-state index contributed by atoms with van der Waals surface area (Å²) in [4.78, 5) is 57.4. The second kappa shape index (κ2) is 11.3. The van der Waals surface area contributed by atoms with Crippen molar-refractivity contribution in [2.75, 3.05) is 40.8 Å². The molecule has 1 aliphatic heterocycles. The second-order valence-electron chi connectivity index (χ2n) is 7.42. The molecule has 1 saturated heterocycles. The number of amides is 4. The van der Waals surface area contributed by atoms with E-state index in [1.807, 2.05) is 24.8 Å². The number of likely N-dealkylation sites (N-methyl/N-ethyl adjacent to an activating group) is 1. The van der Waals surface area contributed by atoms with Crippen LogP contribution in [0.2, 0.25) is 5.02 Å². The van der Waals surface area contributed by atoms with Gasteiger partial charge in [0.05, 0.1) is 25.4 Å². The van der Waals surface area contributed by atoms with Crippen LogP contribution in [-0.4, -0.2) is 91.2 Å². The lowest BCUT2D eigenvalue weighted by Crippen LogP contribution is -2.60. The van der Waals surface area contributed by atoms with Gasteiger partial charge >= 0.3 is 12.0 Å². The van der Waals surface area contributed by atoms with Crippen molar-refractivity contribution in [3.63, 3.8) is 0 Å². The Morgan fingerprint density at radius 3 is 2.18 bits per heavy atom. The largest absolute Gasteiger partial charge is 0.467 e. The molecule has 9 nitrogen and oxygen atoms in total. The number of hydrogen-bond acceptors (Lipinski definition) is 7. The molecule has 0 aliphatic carbocycles. The van der Waals surface area contributed by atoms with Crippen LogP contribution in [-0.2, 0) is 19.1 Å². The van der Waals surface area contributed by atoms with Gasteiger partial charge in [0.15, 0.2) is 5.92 Å². The average molecular weight is 483 g/mol. The molecule has 0 bridgehead atoms. The summed E-state index contributed by atoms with van der Waals surface area (Å²) in [5, 5.41) is 0.478. The van der Waals surface area contributed by atoms with Crippen molar-refractivity contribution in [1.29, 1.82) is 0 Å². The summed E-state index contributed by atoms with van der Waals surface area (Å²) in [7, 11) is 3.33. The molecule has 1 fully saturated rings. The molecule has 0 radical (unpaired) electrons. The van der Waals surface area contributed by atoms with Crippen LogP contribution >= 0.6 is 11.6 Å². The minimum absolute atomic E-state index is 0.0867. The van der Waals surface area contributed by atoms with Crippen LogP contribution < -0.4 is 0 Å². The lowest BCUT2D eigenvalue weighted by Gasteiger charge is -2.34. The summed E-state index contributed by atoms with van der Waals surface area (Å²) in [6.45, 7) is 5.03. The Balaban J connectivity index is 2.58. The Morgan fingerprint density at radius 2 is 1.70 bits per heavy atom. The fourth-order valence-corrected chi connectivity index (χ4v) is 3.98. The summed E-state index contributed by atoms with van der Waals surface area (Å²) in [6.07, 6.45) is -2.47. The van der Waals surface area contributed by atoms with Crippen LogP contribution in [0.3, 0.4) is 0 Å². The number of methoxy groups -OCH3 is 1. The highest BCUT2D eigenvalue weighted by molar-refractivity contribution is 6.31. The minimum Gasteiger partial charge on any atom is -0.467 e. The van der Waals surface area contributed by atoms with Gasteiger partial charge in [-0.3, -0.25) is 29.3 Å². The highest BCUT2D eigenvalue weighted by Crippen LogP contribution is 2.29. The van der Waals surface area contributed by atoms with Crippen LogP contribution in [0.4, 0.5) is 9.18 Å². The Bertz CT molecular complexity index is 928. The summed E-state index contributed by atoms with van der Waals surface area (Å²) in [6, 6.07) is 5.83. The number of ether oxygens (including phenoxy) is 1. The van der Waals surface area contributed by atoms with E-state index in [1.54, 1.807) is 18.2 Å². The van der Waals surface area contributed by atoms with Crippen molar-refractivity contribution in [1.82, 2.24) is 14.7 Å². The van der Waals surface area contributed by atoms with Gasteiger partial charge in [0.2, 0.25) is 18.0 Å². The number of aliphatic imine (C=N–C) groups is 1. The van der Waals surface area contributed by atoms with E-state index in [4.69, 9.17) is 11.6 Å². The Morgan fingerprint density at radius 1 is 1.15 bits per heavy atom. The van der Waals surface area contributed by atoms with Crippen LogP contribution in [0.1, 0.15) is 25.5 Å². The maximum Gasteiger partial charge on any atom is 0.346 e. The SMILES string of the molecule is CCN(CC)C(CN=C(C(F)C(=O)OC)C1C(=O)N(C)C(=O)N(C)C1=O)c1ccccc1Cl. The van der Waals surface area contributed by atoms with Crippen LogP contribution in [0, 0.1) is 5.92 Å². The van der Waals surface area contributed by atoms with Gasteiger partial charge in [0.1, 0.15) is 0 Å². The van der Waals surface area contributed by atoms with Gasteiger partial charge in [-0.25, -0.2) is 14.0 Å². The number of benzene rings is 1. The predicted octanol–water partition coefficient (Wildman–Crippen LogP) is 2.34. The first-order chi connectivity index (χ1) is 15.6.